The van der Waals surface area contributed by atoms with Gasteiger partial charge in [-0.25, -0.2) is 0 Å². The zero-order valence-electron chi connectivity index (χ0n) is 19.2. The Labute approximate surface area is 204 Å². The van der Waals surface area contributed by atoms with Crippen molar-refractivity contribution in [2.75, 3.05) is 4.90 Å². The van der Waals surface area contributed by atoms with Crippen LogP contribution in [0, 0.1) is 0 Å². The van der Waals surface area contributed by atoms with Crippen molar-refractivity contribution in [1.29, 1.82) is 0 Å². The van der Waals surface area contributed by atoms with Crippen LogP contribution in [-0.4, -0.2) is 11.3 Å². The van der Waals surface area contributed by atoms with Crippen LogP contribution in [-0.2, 0) is 6.54 Å². The summed E-state index contributed by atoms with van der Waals surface area (Å²) in [4.78, 5) is 6.86. The summed E-state index contributed by atoms with van der Waals surface area (Å²) in [5, 5.41) is 2.50. The zero-order chi connectivity index (χ0) is 23.4. The first-order chi connectivity index (χ1) is 17.3. The second kappa shape index (κ2) is 7.71. The molecule has 0 bridgehead atoms. The molecule has 5 aromatic carbocycles. The molecule has 0 fully saturated rings. The molecule has 0 aliphatic carbocycles. The molecule has 1 aliphatic rings. The monoisotopic (exact) mass is 449 g/mol. The van der Waals surface area contributed by atoms with Gasteiger partial charge in [0, 0.05) is 34.3 Å². The van der Waals surface area contributed by atoms with Gasteiger partial charge in [0.25, 0.3) is 0 Å². The maximum absolute atomic E-state index is 4.50. The molecule has 7 rings (SSSR count). The van der Waals surface area contributed by atoms with E-state index in [0.717, 1.165) is 23.6 Å². The van der Waals surface area contributed by atoms with Gasteiger partial charge in [0.2, 0.25) is 0 Å². The van der Waals surface area contributed by atoms with Gasteiger partial charge in [-0.05, 0) is 54.2 Å². The Balaban J connectivity index is 1.42. The van der Waals surface area contributed by atoms with Gasteiger partial charge >= 0.3 is 0 Å². The molecule has 1 aliphatic heterocycles. The number of rotatable bonds is 3. The lowest BCUT2D eigenvalue weighted by Crippen LogP contribution is -2.21. The van der Waals surface area contributed by atoms with Gasteiger partial charge in [-0.15, -0.1) is 0 Å². The summed E-state index contributed by atoms with van der Waals surface area (Å²) in [6.07, 6.45) is 0. The highest BCUT2D eigenvalue weighted by atomic mass is 15.2. The summed E-state index contributed by atoms with van der Waals surface area (Å²) in [7, 11) is 0. The topological polar surface area (TPSA) is 20.5 Å². The molecular weight excluding hydrogens is 426 g/mol. The lowest BCUT2D eigenvalue weighted by atomic mass is 9.93. The molecule has 0 radical (unpaired) electrons. The molecule has 0 atom stereocenters. The van der Waals surface area contributed by atoms with E-state index in [1.165, 1.54) is 44.2 Å². The van der Waals surface area contributed by atoms with Crippen LogP contribution in [0.25, 0.3) is 38.6 Å². The lowest BCUT2D eigenvalue weighted by Gasteiger charge is -2.33. The number of hydrogen-bond acceptors (Lipinski definition) is 2. The van der Waals surface area contributed by atoms with E-state index in [1.54, 1.807) is 0 Å². The van der Waals surface area contributed by atoms with Crippen molar-refractivity contribution < 1.29 is 0 Å². The molecule has 0 N–H and O–H groups in total. The summed E-state index contributed by atoms with van der Waals surface area (Å²) < 4.78 is 2.32. The van der Waals surface area contributed by atoms with E-state index in [1.807, 2.05) is 0 Å². The number of aromatic nitrogens is 1. The van der Waals surface area contributed by atoms with Gasteiger partial charge in [0.1, 0.15) is 0 Å². The molecule has 35 heavy (non-hydrogen) atoms. The Morgan fingerprint density at radius 3 is 1.97 bits per heavy atom. The molecule has 3 heteroatoms. The normalized spacial score (nSPS) is 12.5. The summed E-state index contributed by atoms with van der Waals surface area (Å²) in [5.74, 6) is 0. The van der Waals surface area contributed by atoms with Gasteiger partial charge in [0.05, 0.1) is 22.4 Å². The molecule has 3 nitrogen and oxygen atoms in total. The predicted molar refractivity (Wildman–Crippen MR) is 148 cm³/mol. The van der Waals surface area contributed by atoms with Crippen LogP contribution in [0.4, 0.5) is 17.1 Å². The summed E-state index contributed by atoms with van der Waals surface area (Å²) in [6, 6.07) is 41.0. The van der Waals surface area contributed by atoms with Gasteiger partial charge in [0.15, 0.2) is 0 Å². The minimum Gasteiger partial charge on any atom is -0.335 e. The fraction of sp³-hybridized carbons (Fsp3) is 0.0312. The number of aliphatic imine (C=N–C) groups is 1. The molecule has 0 unspecified atom stereocenters. The van der Waals surface area contributed by atoms with Crippen molar-refractivity contribution >= 4 is 45.6 Å². The highest BCUT2D eigenvalue weighted by Gasteiger charge is 2.24. The number of anilines is 2. The Bertz CT molecular complexity index is 1710. The van der Waals surface area contributed by atoms with Crippen LogP contribution < -0.4 is 4.90 Å². The lowest BCUT2D eigenvalue weighted by molar-refractivity contribution is 0.960. The highest BCUT2D eigenvalue weighted by molar-refractivity contribution is 6.09. The first kappa shape index (κ1) is 19.8. The van der Waals surface area contributed by atoms with Crippen LogP contribution in [0.1, 0.15) is 5.56 Å². The molecule has 1 aromatic heterocycles. The Morgan fingerprint density at radius 1 is 0.600 bits per heavy atom. The molecule has 0 saturated heterocycles. The number of fused-ring (bicyclic) bond motifs is 6. The van der Waals surface area contributed by atoms with E-state index in [2.05, 4.69) is 136 Å². The van der Waals surface area contributed by atoms with Gasteiger partial charge in [-0.3, -0.25) is 4.99 Å². The molecule has 6 aromatic rings. The number of hydrogen-bond donors (Lipinski definition) is 0. The first-order valence-corrected chi connectivity index (χ1v) is 11.9. The van der Waals surface area contributed by atoms with Crippen molar-refractivity contribution in [3.63, 3.8) is 0 Å². The minimum absolute atomic E-state index is 0.796. The summed E-state index contributed by atoms with van der Waals surface area (Å²) in [5.41, 5.74) is 10.4. The van der Waals surface area contributed by atoms with E-state index in [4.69, 9.17) is 0 Å². The molecule has 0 saturated carbocycles. The fourth-order valence-electron chi connectivity index (χ4n) is 5.53. The molecular formula is C32H23N3. The number of para-hydroxylation sites is 3. The van der Waals surface area contributed by atoms with Crippen molar-refractivity contribution in [2.24, 2.45) is 4.99 Å². The maximum Gasteiger partial charge on any atom is 0.0880 e. The fourth-order valence-corrected chi connectivity index (χ4v) is 5.53. The SMILES string of the molecule is C=Nc1cc(-n2c3ccccc3c3ccccc32)ccc1N1Cc2ccccc2-c2ccccc21. The highest BCUT2D eigenvalue weighted by Crippen LogP contribution is 2.46. The second-order valence-corrected chi connectivity index (χ2v) is 8.96. The average molecular weight is 450 g/mol. The van der Waals surface area contributed by atoms with Crippen LogP contribution >= 0.6 is 0 Å². The van der Waals surface area contributed by atoms with Crippen molar-refractivity contribution in [3.8, 4) is 16.8 Å². The van der Waals surface area contributed by atoms with Crippen molar-refractivity contribution in [1.82, 2.24) is 4.57 Å². The van der Waals surface area contributed by atoms with Crippen LogP contribution in [0.15, 0.2) is 120 Å². The second-order valence-electron chi connectivity index (χ2n) is 8.96. The van der Waals surface area contributed by atoms with E-state index in [9.17, 15) is 0 Å². The van der Waals surface area contributed by atoms with Crippen LogP contribution in [0.3, 0.4) is 0 Å². The quantitative estimate of drug-likeness (QED) is 0.248. The smallest absolute Gasteiger partial charge is 0.0880 e. The number of benzene rings is 5. The molecule has 0 spiro atoms. The van der Waals surface area contributed by atoms with E-state index < -0.39 is 0 Å². The van der Waals surface area contributed by atoms with E-state index >= 15 is 0 Å². The Kier molecular flexibility index (Phi) is 4.36. The molecule has 166 valence electrons. The first-order valence-electron chi connectivity index (χ1n) is 11.9. The molecule has 2 heterocycles. The third kappa shape index (κ3) is 2.95. The largest absolute Gasteiger partial charge is 0.335 e. The summed E-state index contributed by atoms with van der Waals surface area (Å²) >= 11 is 0. The third-order valence-corrected chi connectivity index (χ3v) is 7.09. The van der Waals surface area contributed by atoms with E-state index in [-0.39, 0.29) is 0 Å². The van der Waals surface area contributed by atoms with Crippen LogP contribution in [0.5, 0.6) is 0 Å². The van der Waals surface area contributed by atoms with Crippen molar-refractivity contribution in [3.05, 3.63) is 121 Å². The van der Waals surface area contributed by atoms with Gasteiger partial charge < -0.3 is 9.47 Å². The minimum atomic E-state index is 0.796. The Morgan fingerprint density at radius 2 is 1.23 bits per heavy atom. The number of nitrogens with zero attached hydrogens (tertiary/aromatic N) is 3. The standard InChI is InChI=1S/C32H23N3/c1-33-28-20-23(35-30-16-8-5-13-26(30)27-14-6-9-17-31(27)35)18-19-32(28)34-21-22-10-2-3-11-24(22)25-12-4-7-15-29(25)34/h2-20H,1,21H2. The van der Waals surface area contributed by atoms with E-state index in [0.29, 0.717) is 0 Å². The maximum atomic E-state index is 4.50. The average Bonchev–Trinajstić information content (AvgIpc) is 3.27. The molecule has 0 amide bonds. The zero-order valence-corrected chi connectivity index (χ0v) is 19.2. The van der Waals surface area contributed by atoms with Gasteiger partial charge in [-0.1, -0.05) is 78.9 Å². The third-order valence-electron chi connectivity index (χ3n) is 7.09. The summed E-state index contributed by atoms with van der Waals surface area (Å²) in [6.45, 7) is 4.74. The predicted octanol–water partition coefficient (Wildman–Crippen LogP) is 8.43. The van der Waals surface area contributed by atoms with Gasteiger partial charge in [-0.2, -0.15) is 0 Å². The van der Waals surface area contributed by atoms with Crippen LogP contribution in [0.2, 0.25) is 0 Å². The van der Waals surface area contributed by atoms with Crippen molar-refractivity contribution in [2.45, 2.75) is 6.54 Å². The Hall–Kier alpha value is -4.63.